The van der Waals surface area contributed by atoms with E-state index in [2.05, 4.69) is 0 Å². The molecule has 2 saturated heterocycles. The molecule has 5 rings (SSSR count). The fourth-order valence-corrected chi connectivity index (χ4v) is 5.51. The zero-order valence-corrected chi connectivity index (χ0v) is 15.8. The van der Waals surface area contributed by atoms with Gasteiger partial charge in [-0.3, -0.25) is 4.79 Å². The van der Waals surface area contributed by atoms with Crippen molar-refractivity contribution in [2.24, 2.45) is 5.92 Å². The smallest absolute Gasteiger partial charge is 0.254 e. The lowest BCUT2D eigenvalue weighted by molar-refractivity contribution is 0.0287. The number of likely N-dealkylation sites (tertiary alicyclic amines) is 1. The van der Waals surface area contributed by atoms with Crippen LogP contribution in [-0.4, -0.2) is 60.3 Å². The van der Waals surface area contributed by atoms with E-state index in [9.17, 15) is 4.79 Å². The number of fused-ring (bicyclic) bond motifs is 1. The lowest BCUT2D eigenvalue weighted by Crippen LogP contribution is -2.60. The van der Waals surface area contributed by atoms with Crippen LogP contribution in [0.3, 0.4) is 0 Å². The van der Waals surface area contributed by atoms with Gasteiger partial charge in [-0.2, -0.15) is 0 Å². The Labute approximate surface area is 158 Å². The van der Waals surface area contributed by atoms with Gasteiger partial charge in [0.05, 0.1) is 24.1 Å². The van der Waals surface area contributed by atoms with Crippen LogP contribution in [0.2, 0.25) is 0 Å². The van der Waals surface area contributed by atoms with E-state index in [1.807, 2.05) is 34.9 Å². The van der Waals surface area contributed by atoms with Crippen LogP contribution in [0.4, 0.5) is 0 Å². The van der Waals surface area contributed by atoms with Gasteiger partial charge in [-0.15, -0.1) is 11.8 Å². The molecule has 1 atom stereocenters. The molecule has 1 aromatic rings. The molecule has 1 amide bonds. The van der Waals surface area contributed by atoms with Crippen LogP contribution in [0.15, 0.2) is 18.2 Å². The molecule has 5 nitrogen and oxygen atoms in total. The second-order valence-electron chi connectivity index (χ2n) is 7.97. The molecular weight excluding hydrogens is 350 g/mol. The van der Waals surface area contributed by atoms with Crippen LogP contribution in [0, 0.1) is 5.92 Å². The summed E-state index contributed by atoms with van der Waals surface area (Å²) in [5.74, 6) is 3.40. The van der Waals surface area contributed by atoms with E-state index in [-0.39, 0.29) is 10.7 Å². The molecular formula is C20H25NO4S. The van der Waals surface area contributed by atoms with Gasteiger partial charge in [-0.25, -0.2) is 0 Å². The highest BCUT2D eigenvalue weighted by Gasteiger charge is 2.51. The van der Waals surface area contributed by atoms with Gasteiger partial charge in [0.1, 0.15) is 0 Å². The normalized spacial score (nSPS) is 26.5. The van der Waals surface area contributed by atoms with E-state index in [0.717, 1.165) is 50.0 Å². The number of rotatable bonds is 4. The van der Waals surface area contributed by atoms with E-state index in [1.54, 1.807) is 0 Å². The maximum atomic E-state index is 12.8. The molecule has 1 spiro atoms. The Morgan fingerprint density at radius 3 is 2.85 bits per heavy atom. The summed E-state index contributed by atoms with van der Waals surface area (Å²) in [5, 5.41) is 0. The number of nitrogens with zero attached hydrogens (tertiary/aromatic N) is 1. The maximum Gasteiger partial charge on any atom is 0.254 e. The lowest BCUT2D eigenvalue weighted by Gasteiger charge is -2.47. The minimum absolute atomic E-state index is 0.0919. The van der Waals surface area contributed by atoms with Crippen molar-refractivity contribution in [2.75, 3.05) is 38.7 Å². The molecule has 1 aromatic carbocycles. The first-order valence-corrected chi connectivity index (χ1v) is 10.6. The Morgan fingerprint density at radius 2 is 2.04 bits per heavy atom. The molecule has 140 valence electrons. The van der Waals surface area contributed by atoms with Crippen molar-refractivity contribution >= 4 is 17.7 Å². The SMILES string of the molecule is O=C(c1ccc2c(c1)OCCCO2)N1CC2(C[C@H](OCC3CC3)CS2)C1. The minimum atomic E-state index is 0.0919. The maximum absolute atomic E-state index is 12.8. The second-order valence-corrected chi connectivity index (χ2v) is 9.46. The Balaban J connectivity index is 1.18. The third kappa shape index (κ3) is 3.29. The third-order valence-corrected chi connectivity index (χ3v) is 7.26. The van der Waals surface area contributed by atoms with Gasteiger partial charge >= 0.3 is 0 Å². The van der Waals surface area contributed by atoms with Crippen LogP contribution in [0.25, 0.3) is 0 Å². The van der Waals surface area contributed by atoms with Gasteiger partial charge in [-0.05, 0) is 43.4 Å². The Bertz CT molecular complexity index is 699. The van der Waals surface area contributed by atoms with Gasteiger partial charge in [-0.1, -0.05) is 0 Å². The number of carbonyl (C=O) groups excluding carboxylic acids is 1. The standard InChI is InChI=1S/C20H25NO4S/c22-19(15-4-5-17-18(8-15)24-7-1-6-23-17)21-12-20(13-21)9-16(11-26-20)25-10-14-2-3-14/h4-5,8,14,16H,1-3,6-7,9-13H2/t16-/m0/s1. The number of thioether (sulfide) groups is 1. The first-order chi connectivity index (χ1) is 12.7. The Morgan fingerprint density at radius 1 is 1.23 bits per heavy atom. The molecule has 26 heavy (non-hydrogen) atoms. The summed E-state index contributed by atoms with van der Waals surface area (Å²) in [7, 11) is 0. The van der Waals surface area contributed by atoms with Crippen LogP contribution < -0.4 is 9.47 Å². The van der Waals surface area contributed by atoms with Crippen LogP contribution in [-0.2, 0) is 4.74 Å². The molecule has 3 aliphatic heterocycles. The van der Waals surface area contributed by atoms with E-state index in [4.69, 9.17) is 14.2 Å². The van der Waals surface area contributed by atoms with Gasteiger partial charge in [0, 0.05) is 37.4 Å². The van der Waals surface area contributed by atoms with Crippen molar-refractivity contribution in [3.05, 3.63) is 23.8 Å². The highest BCUT2D eigenvalue weighted by molar-refractivity contribution is 8.01. The second kappa shape index (κ2) is 6.64. The lowest BCUT2D eigenvalue weighted by atomic mass is 9.92. The highest BCUT2D eigenvalue weighted by atomic mass is 32.2. The predicted molar refractivity (Wildman–Crippen MR) is 100 cm³/mol. The highest BCUT2D eigenvalue weighted by Crippen LogP contribution is 2.47. The summed E-state index contributed by atoms with van der Waals surface area (Å²) in [6.45, 7) is 3.89. The van der Waals surface area contributed by atoms with Gasteiger partial charge in [0.15, 0.2) is 11.5 Å². The van der Waals surface area contributed by atoms with E-state index in [1.165, 1.54) is 12.8 Å². The molecule has 0 bridgehead atoms. The summed E-state index contributed by atoms with van der Waals surface area (Å²) < 4.78 is 17.6. The van der Waals surface area contributed by atoms with Crippen molar-refractivity contribution in [2.45, 2.75) is 36.5 Å². The average Bonchev–Trinajstić information content (AvgIpc) is 3.40. The van der Waals surface area contributed by atoms with Crippen LogP contribution in [0.1, 0.15) is 36.0 Å². The van der Waals surface area contributed by atoms with Gasteiger partial charge in [0.2, 0.25) is 0 Å². The van der Waals surface area contributed by atoms with Crippen molar-refractivity contribution < 1.29 is 19.0 Å². The summed E-state index contributed by atoms with van der Waals surface area (Å²) in [5.41, 5.74) is 0.689. The average molecular weight is 375 g/mol. The summed E-state index contributed by atoms with van der Waals surface area (Å²) >= 11 is 1.99. The minimum Gasteiger partial charge on any atom is -0.490 e. The molecule has 0 unspecified atom stereocenters. The number of hydrogen-bond acceptors (Lipinski definition) is 5. The molecule has 4 aliphatic rings. The number of ether oxygens (including phenoxy) is 3. The zero-order chi connectivity index (χ0) is 17.6. The van der Waals surface area contributed by atoms with Crippen molar-refractivity contribution in [1.29, 1.82) is 0 Å². The van der Waals surface area contributed by atoms with Crippen molar-refractivity contribution in [3.63, 3.8) is 0 Å². The predicted octanol–water partition coefficient (Wildman–Crippen LogP) is 2.97. The topological polar surface area (TPSA) is 48.0 Å². The molecule has 0 N–H and O–H groups in total. The summed E-state index contributed by atoms with van der Waals surface area (Å²) in [6, 6.07) is 5.54. The molecule has 3 heterocycles. The number of amides is 1. The largest absolute Gasteiger partial charge is 0.490 e. The monoisotopic (exact) mass is 375 g/mol. The molecule has 1 saturated carbocycles. The molecule has 1 aliphatic carbocycles. The zero-order valence-electron chi connectivity index (χ0n) is 14.9. The first kappa shape index (κ1) is 16.8. The number of hydrogen-bond donors (Lipinski definition) is 0. The van der Waals surface area contributed by atoms with E-state index in [0.29, 0.717) is 30.6 Å². The fraction of sp³-hybridized carbons (Fsp3) is 0.650. The third-order valence-electron chi connectivity index (χ3n) is 5.68. The van der Waals surface area contributed by atoms with Gasteiger partial charge in [0.25, 0.3) is 5.91 Å². The summed E-state index contributed by atoms with van der Waals surface area (Å²) in [4.78, 5) is 14.8. The summed E-state index contributed by atoms with van der Waals surface area (Å²) in [6.07, 6.45) is 4.99. The van der Waals surface area contributed by atoms with Crippen molar-refractivity contribution in [1.82, 2.24) is 4.90 Å². The van der Waals surface area contributed by atoms with E-state index >= 15 is 0 Å². The fourth-order valence-electron chi connectivity index (χ4n) is 3.96. The van der Waals surface area contributed by atoms with E-state index < -0.39 is 0 Å². The van der Waals surface area contributed by atoms with Crippen LogP contribution >= 0.6 is 11.8 Å². The Hall–Kier alpha value is -1.40. The number of carbonyl (C=O) groups is 1. The Kier molecular flexibility index (Phi) is 4.28. The molecule has 6 heteroatoms. The van der Waals surface area contributed by atoms with Crippen molar-refractivity contribution in [3.8, 4) is 11.5 Å². The molecule has 0 radical (unpaired) electrons. The van der Waals surface area contributed by atoms with Gasteiger partial charge < -0.3 is 19.1 Å². The molecule has 3 fully saturated rings. The first-order valence-electron chi connectivity index (χ1n) is 9.65. The molecule has 0 aromatic heterocycles. The quantitative estimate of drug-likeness (QED) is 0.810. The van der Waals surface area contributed by atoms with Crippen LogP contribution in [0.5, 0.6) is 11.5 Å². The number of benzene rings is 1.